The van der Waals surface area contributed by atoms with E-state index in [-0.39, 0.29) is 0 Å². The first-order valence-corrected chi connectivity index (χ1v) is 51.3. The minimum Gasteiger partial charge on any atom is -0.537 e. The van der Waals surface area contributed by atoms with Gasteiger partial charge in [-0.2, -0.15) is 0 Å². The predicted octanol–water partition coefficient (Wildman–Crippen LogP) is 37.0. The monoisotopic (exact) mass is 2010 g/mol. The van der Waals surface area contributed by atoms with E-state index >= 15 is 0 Å². The third-order valence-electron chi connectivity index (χ3n) is 23.5. The second-order valence-electron chi connectivity index (χ2n) is 31.3. The molecule has 0 saturated heterocycles. The Morgan fingerprint density at radius 1 is 0.213 bits per heavy atom. The van der Waals surface area contributed by atoms with Crippen LogP contribution in [0, 0.1) is 6.92 Å². The molecule has 0 bridgehead atoms. The van der Waals surface area contributed by atoms with Gasteiger partial charge in [-0.25, -0.2) is 0 Å². The smallest absolute Gasteiger partial charge is 0.537 e. The van der Waals surface area contributed by atoms with Gasteiger partial charge in [0.15, 0.2) is 0 Å². The molecule has 3 N–H and O–H groups in total. The topological polar surface area (TPSA) is 69.9 Å². The molecule has 0 saturated carbocycles. The van der Waals surface area contributed by atoms with Gasteiger partial charge < -0.3 is 19.7 Å². The summed E-state index contributed by atoms with van der Waals surface area (Å²) in [6, 6.07) is 170. The van der Waals surface area contributed by atoms with E-state index in [2.05, 4.69) is 383 Å². The molecule has 0 aliphatic rings. The second-order valence-corrected chi connectivity index (χ2v) is 31.3. The quantitative estimate of drug-likeness (QED) is 0.0540. The van der Waals surface area contributed by atoms with E-state index in [1.807, 2.05) is 208 Å². The molecule has 0 unspecified atom stereocenters. The maximum Gasteiger partial charge on any atom is 0.569 e. The van der Waals surface area contributed by atoms with Crippen LogP contribution in [0.5, 0.6) is 5.75 Å². The second kappa shape index (κ2) is 51.0. The molecule has 0 aliphatic heterocycles. The molecule has 0 amide bonds. The summed E-state index contributed by atoms with van der Waals surface area (Å²) in [6.07, 6.45) is 0. The molecule has 0 spiro atoms. The molecule has 0 atom stereocenters. The van der Waals surface area contributed by atoms with Gasteiger partial charge in [-0.3, -0.25) is 0 Å². The van der Waals surface area contributed by atoms with E-state index in [0.29, 0.717) is 5.75 Å². The van der Waals surface area contributed by atoms with Gasteiger partial charge in [-0.05, 0) is 238 Å². The van der Waals surface area contributed by atoms with Crippen LogP contribution in [0.2, 0.25) is 6.82 Å². The Bertz CT molecular complexity index is 7430. The minimum atomic E-state index is -1.17. The Kier molecular flexibility index (Phi) is 37.4. The number of halogens is 3. The fourth-order valence-corrected chi connectivity index (χ4v) is 18.1. The third-order valence-corrected chi connectivity index (χ3v) is 23.5. The Labute approximate surface area is 831 Å². The first-order chi connectivity index (χ1) is 67.2. The van der Waals surface area contributed by atoms with E-state index < -0.39 is 7.12 Å². The fourth-order valence-electron chi connectivity index (χ4n) is 18.1. The summed E-state index contributed by atoms with van der Waals surface area (Å²) in [5.74, 6) is 4.30. The molecule has 669 valence electrons. The lowest BCUT2D eigenvalue weighted by molar-refractivity contribution is 0.417. The van der Waals surface area contributed by atoms with E-state index in [4.69, 9.17) is 14.7 Å². The van der Waals surface area contributed by atoms with Crippen molar-refractivity contribution in [3.63, 3.8) is 0 Å². The SMILES string of the molecule is CB(O)O.CBr.CBr.CC.CC.CI.Cc1c2ccccc2c(-c2ccccc2)c2ccccc12.O[B]Oc1c2ccccc2c(-c2ccccc2)c2ccccc12.c1ccc2c(c1)cc1ccc3cccc4ccc2c1c34.c1ccc2c(c1)cc1ccc3cccc4ccc2c1c34.c1ccc2c(c1)cc1ccc3cccc4ccc2c1c34.c1ccccc1.c1ccccc1.c1ccccc1. The van der Waals surface area contributed by atoms with Gasteiger partial charge in [0.05, 0.1) is 0 Å². The van der Waals surface area contributed by atoms with E-state index in [0.717, 1.165) is 29.2 Å². The molecule has 26 aromatic rings. The number of benzene rings is 26. The largest absolute Gasteiger partial charge is 0.569 e. The summed E-state index contributed by atoms with van der Waals surface area (Å²) in [5.41, 5.74) is 6.33. The maximum atomic E-state index is 9.18. The molecule has 0 heterocycles. The van der Waals surface area contributed by atoms with Gasteiger partial charge in [0.2, 0.25) is 0 Å². The Balaban J connectivity index is 0.000000133. The summed E-state index contributed by atoms with van der Waals surface area (Å²) in [5, 5.41) is 66.4. The van der Waals surface area contributed by atoms with Crippen molar-refractivity contribution in [1.29, 1.82) is 0 Å². The molecule has 4 nitrogen and oxygen atoms in total. The molecule has 0 aliphatic carbocycles. The van der Waals surface area contributed by atoms with E-state index in [1.54, 1.807) is 0 Å². The highest BCUT2D eigenvalue weighted by Gasteiger charge is 2.19. The van der Waals surface area contributed by atoms with E-state index in [9.17, 15) is 5.02 Å². The zero-order chi connectivity index (χ0) is 95.5. The van der Waals surface area contributed by atoms with Crippen LogP contribution in [0.25, 0.3) is 195 Å². The average Bonchev–Trinajstić information content (AvgIpc) is 0.731. The van der Waals surface area contributed by atoms with Crippen molar-refractivity contribution in [1.82, 2.24) is 0 Å². The number of rotatable bonds is 4. The third kappa shape index (κ3) is 23.0. The van der Waals surface area contributed by atoms with E-state index in [1.165, 1.54) is 185 Å². The van der Waals surface area contributed by atoms with Crippen LogP contribution in [0.1, 0.15) is 33.3 Å². The Hall–Kier alpha value is -13.8. The van der Waals surface area contributed by atoms with Crippen molar-refractivity contribution in [2.45, 2.75) is 41.4 Å². The van der Waals surface area contributed by atoms with Gasteiger partial charge in [0.25, 0.3) is 0 Å². The van der Waals surface area contributed by atoms with Gasteiger partial charge in [-0.1, -0.05) is 549 Å². The molecular weight excluding hydrogens is 1900 g/mol. The highest BCUT2D eigenvalue weighted by Crippen LogP contribution is 2.46. The first-order valence-electron chi connectivity index (χ1n) is 46.0. The first kappa shape index (κ1) is 99.6. The zero-order valence-corrected chi connectivity index (χ0v) is 83.6. The van der Waals surface area contributed by atoms with Crippen LogP contribution >= 0.6 is 54.5 Å². The fraction of sp³-hybridized carbons (Fsp3) is 0.0709. The lowest BCUT2D eigenvalue weighted by Gasteiger charge is -2.16. The summed E-state index contributed by atoms with van der Waals surface area (Å²) in [7, 11) is -0.420. The van der Waals surface area contributed by atoms with Crippen LogP contribution in [-0.4, -0.2) is 46.5 Å². The summed E-state index contributed by atoms with van der Waals surface area (Å²) < 4.78 is 5.45. The molecule has 136 heavy (non-hydrogen) atoms. The summed E-state index contributed by atoms with van der Waals surface area (Å²) in [6.45, 7) is 11.5. The number of hydrogen-bond donors (Lipinski definition) is 3. The van der Waals surface area contributed by atoms with Gasteiger partial charge >= 0.3 is 14.8 Å². The molecule has 0 aromatic heterocycles. The number of alkyl halides is 3. The van der Waals surface area contributed by atoms with Gasteiger partial charge in [0.1, 0.15) is 5.75 Å². The molecule has 9 heteroatoms. The molecule has 0 fully saturated rings. The van der Waals surface area contributed by atoms with Crippen LogP contribution in [0.3, 0.4) is 0 Å². The molecule has 26 aromatic carbocycles. The number of fused-ring (bicyclic) bond motifs is 10. The minimum absolute atomic E-state index is 0.679. The maximum absolute atomic E-state index is 9.18. The zero-order valence-electron chi connectivity index (χ0n) is 78.2. The highest BCUT2D eigenvalue weighted by molar-refractivity contribution is 14.1. The Morgan fingerprint density at radius 3 is 0.647 bits per heavy atom. The number of aryl methyl sites for hydroxylation is 1. The van der Waals surface area contributed by atoms with Crippen LogP contribution in [-0.2, 0) is 0 Å². The van der Waals surface area contributed by atoms with Crippen LogP contribution < -0.4 is 4.65 Å². The molecule has 1 radical (unpaired) electrons. The van der Waals surface area contributed by atoms with Gasteiger partial charge in [0, 0.05) is 10.8 Å². The van der Waals surface area contributed by atoms with Gasteiger partial charge in [-0.15, -0.1) is 0 Å². The standard InChI is InChI=1S/C21H16.C20H14BO2.3C20H12.3C6H6.2C2H6.CH5BO2.2CH3Br.CH3I/c1-15-17-11-5-7-13-19(17)21(16-9-3-2-4-10-16)20-14-8-6-12-18(15)20;22-21-23-20-17-12-6-4-10-15(17)19(14-8-2-1-3-9-14)16-11-5-7-13-18(16)20;3*1-2-7-17-15(4-1)12-16-9-8-13-5-3-6-14-10-11-18(17)20(16)19(13)14;3*1-2-4-6-5-3-1;2*1-2;1-2(3)4;3*1-2/h2-14H,1H3;1-13,22H;3*1-12H;3*1-6H;2*1-2H3;3-4H,1H3;3*1H3. The van der Waals surface area contributed by atoms with Crippen molar-refractivity contribution < 1.29 is 19.7 Å². The van der Waals surface area contributed by atoms with Crippen molar-refractivity contribution in [2.75, 3.05) is 16.6 Å². The number of hydrogen-bond acceptors (Lipinski definition) is 4. The van der Waals surface area contributed by atoms with Crippen molar-refractivity contribution in [2.24, 2.45) is 0 Å². The summed E-state index contributed by atoms with van der Waals surface area (Å²) >= 11 is 8.02. The molecular formula is C127H110B2Br2IO4. The lowest BCUT2D eigenvalue weighted by Crippen LogP contribution is -2.01. The van der Waals surface area contributed by atoms with Crippen LogP contribution in [0.15, 0.2) is 485 Å². The predicted molar refractivity (Wildman–Crippen MR) is 618 cm³/mol. The van der Waals surface area contributed by atoms with Crippen LogP contribution in [0.4, 0.5) is 0 Å². The van der Waals surface area contributed by atoms with Crippen molar-refractivity contribution >= 4 is 242 Å². The normalized spacial score (nSPS) is 10.3. The Morgan fingerprint density at radius 2 is 0.397 bits per heavy atom. The van der Waals surface area contributed by atoms with Crippen molar-refractivity contribution in [3.8, 4) is 28.0 Å². The van der Waals surface area contributed by atoms with Crippen molar-refractivity contribution in [3.05, 3.63) is 491 Å². The lowest BCUT2D eigenvalue weighted by atomic mass is 9.89. The molecule has 26 rings (SSSR count). The highest BCUT2D eigenvalue weighted by atomic mass is 127. The average molecular weight is 2010 g/mol. The summed E-state index contributed by atoms with van der Waals surface area (Å²) in [4.78, 5) is 1.97.